The van der Waals surface area contributed by atoms with Crippen LogP contribution in [0.1, 0.15) is 24.8 Å². The van der Waals surface area contributed by atoms with E-state index >= 15 is 0 Å². The molecule has 0 amide bonds. The van der Waals surface area contributed by atoms with Crippen LogP contribution in [-0.2, 0) is 6.54 Å². The zero-order valence-corrected chi connectivity index (χ0v) is 9.53. The van der Waals surface area contributed by atoms with E-state index in [2.05, 4.69) is 4.90 Å². The van der Waals surface area contributed by atoms with Gasteiger partial charge in [0.05, 0.1) is 0 Å². The molecule has 0 bridgehead atoms. The zero-order chi connectivity index (χ0) is 11.4. The molecule has 0 aliphatic heterocycles. The number of benzene rings is 1. The summed E-state index contributed by atoms with van der Waals surface area (Å²) in [6.07, 6.45) is 3.83. The molecule has 0 unspecified atom stereocenters. The lowest BCUT2D eigenvalue weighted by Crippen LogP contribution is -2.42. The zero-order valence-electron chi connectivity index (χ0n) is 9.53. The second-order valence-corrected chi connectivity index (χ2v) is 4.47. The lowest BCUT2D eigenvalue weighted by atomic mass is 9.91. The molecule has 1 aromatic rings. The Labute approximate surface area is 96.2 Å². The van der Waals surface area contributed by atoms with Gasteiger partial charge in [-0.15, -0.1) is 0 Å². The maximum atomic E-state index is 13.1. The molecule has 1 aliphatic rings. The van der Waals surface area contributed by atoms with E-state index in [0.717, 1.165) is 18.7 Å². The molecule has 0 spiro atoms. The second kappa shape index (κ2) is 5.41. The second-order valence-electron chi connectivity index (χ2n) is 4.47. The van der Waals surface area contributed by atoms with E-state index in [4.69, 9.17) is 5.73 Å². The fraction of sp³-hybridized carbons (Fsp3) is 0.538. The number of rotatable bonds is 5. The summed E-state index contributed by atoms with van der Waals surface area (Å²) < 4.78 is 13.1. The smallest absolute Gasteiger partial charge is 0.123 e. The number of nitrogens with two attached hydrogens (primary N) is 1. The van der Waals surface area contributed by atoms with Gasteiger partial charge in [-0.3, -0.25) is 4.90 Å². The summed E-state index contributed by atoms with van der Waals surface area (Å²) in [6, 6.07) is 7.51. The fourth-order valence-corrected chi connectivity index (χ4v) is 2.18. The summed E-state index contributed by atoms with van der Waals surface area (Å²) in [5.74, 6) is -0.154. The van der Waals surface area contributed by atoms with Gasteiger partial charge in [-0.05, 0) is 30.5 Å². The molecule has 16 heavy (non-hydrogen) atoms. The van der Waals surface area contributed by atoms with Crippen molar-refractivity contribution in [3.63, 3.8) is 0 Å². The maximum Gasteiger partial charge on any atom is 0.123 e. The minimum Gasteiger partial charge on any atom is -0.329 e. The summed E-state index contributed by atoms with van der Waals surface area (Å²) in [5.41, 5.74) is 6.66. The predicted octanol–water partition coefficient (Wildman–Crippen LogP) is 2.14. The summed E-state index contributed by atoms with van der Waals surface area (Å²) >= 11 is 0. The van der Waals surface area contributed by atoms with Crippen molar-refractivity contribution in [3.8, 4) is 0 Å². The molecule has 0 heterocycles. The monoisotopic (exact) mass is 222 g/mol. The highest BCUT2D eigenvalue weighted by atomic mass is 19.1. The topological polar surface area (TPSA) is 29.3 Å². The van der Waals surface area contributed by atoms with Gasteiger partial charge in [0.15, 0.2) is 0 Å². The summed E-state index contributed by atoms with van der Waals surface area (Å²) in [4.78, 5) is 2.37. The van der Waals surface area contributed by atoms with Gasteiger partial charge >= 0.3 is 0 Å². The van der Waals surface area contributed by atoms with E-state index in [9.17, 15) is 4.39 Å². The number of hydrogen-bond donors (Lipinski definition) is 1. The van der Waals surface area contributed by atoms with Crippen molar-refractivity contribution in [3.05, 3.63) is 35.6 Å². The first-order valence-electron chi connectivity index (χ1n) is 5.98. The minimum atomic E-state index is -0.154. The molecule has 0 aromatic heterocycles. The van der Waals surface area contributed by atoms with Gasteiger partial charge in [-0.1, -0.05) is 18.6 Å². The molecule has 1 aromatic carbocycles. The van der Waals surface area contributed by atoms with E-state index in [0.29, 0.717) is 12.6 Å². The molecule has 0 radical (unpaired) electrons. The van der Waals surface area contributed by atoms with Gasteiger partial charge in [0.25, 0.3) is 0 Å². The van der Waals surface area contributed by atoms with Crippen LogP contribution in [0, 0.1) is 5.82 Å². The molecular formula is C13H19FN2. The number of halogens is 1. The van der Waals surface area contributed by atoms with Crippen molar-refractivity contribution in [2.45, 2.75) is 31.8 Å². The van der Waals surface area contributed by atoms with E-state index < -0.39 is 0 Å². The molecule has 0 atom stereocenters. The van der Waals surface area contributed by atoms with E-state index in [1.54, 1.807) is 12.1 Å². The van der Waals surface area contributed by atoms with Crippen molar-refractivity contribution in [1.82, 2.24) is 4.90 Å². The summed E-state index contributed by atoms with van der Waals surface area (Å²) in [5, 5.41) is 0. The molecule has 1 fully saturated rings. The summed E-state index contributed by atoms with van der Waals surface area (Å²) in [6.45, 7) is 2.40. The minimum absolute atomic E-state index is 0.154. The third-order valence-corrected chi connectivity index (χ3v) is 3.28. The van der Waals surface area contributed by atoms with Crippen LogP contribution < -0.4 is 5.73 Å². The SMILES string of the molecule is NCCN(Cc1cccc(F)c1)C1CCC1. The van der Waals surface area contributed by atoms with Crippen molar-refractivity contribution in [2.75, 3.05) is 13.1 Å². The van der Waals surface area contributed by atoms with Gasteiger partial charge in [-0.25, -0.2) is 4.39 Å². The van der Waals surface area contributed by atoms with Crippen LogP contribution in [0.3, 0.4) is 0 Å². The lowest BCUT2D eigenvalue weighted by molar-refractivity contribution is 0.123. The van der Waals surface area contributed by atoms with Crippen molar-refractivity contribution < 1.29 is 4.39 Å². The molecule has 2 N–H and O–H groups in total. The molecule has 2 rings (SSSR count). The lowest BCUT2D eigenvalue weighted by Gasteiger charge is -2.37. The van der Waals surface area contributed by atoms with Crippen LogP contribution in [0.2, 0.25) is 0 Å². The Bertz CT molecular complexity index is 336. The molecule has 88 valence electrons. The highest BCUT2D eigenvalue weighted by Gasteiger charge is 2.24. The van der Waals surface area contributed by atoms with Gasteiger partial charge < -0.3 is 5.73 Å². The first-order valence-corrected chi connectivity index (χ1v) is 5.98. The third-order valence-electron chi connectivity index (χ3n) is 3.28. The largest absolute Gasteiger partial charge is 0.329 e. The quantitative estimate of drug-likeness (QED) is 0.827. The Hall–Kier alpha value is -0.930. The van der Waals surface area contributed by atoms with E-state index in [1.165, 1.54) is 25.3 Å². The first kappa shape index (κ1) is 11.6. The fourth-order valence-electron chi connectivity index (χ4n) is 2.18. The van der Waals surface area contributed by atoms with Crippen LogP contribution in [-0.4, -0.2) is 24.0 Å². The Morgan fingerprint density at radius 2 is 2.19 bits per heavy atom. The highest BCUT2D eigenvalue weighted by Crippen LogP contribution is 2.25. The van der Waals surface area contributed by atoms with Gasteiger partial charge in [-0.2, -0.15) is 0 Å². The Morgan fingerprint density at radius 1 is 1.38 bits per heavy atom. The van der Waals surface area contributed by atoms with Crippen LogP contribution in [0.4, 0.5) is 4.39 Å². The average molecular weight is 222 g/mol. The van der Waals surface area contributed by atoms with Crippen molar-refractivity contribution in [1.29, 1.82) is 0 Å². The van der Waals surface area contributed by atoms with E-state index in [-0.39, 0.29) is 5.82 Å². The first-order chi connectivity index (χ1) is 7.79. The van der Waals surface area contributed by atoms with Gasteiger partial charge in [0.1, 0.15) is 5.82 Å². The third kappa shape index (κ3) is 2.80. The normalized spacial score (nSPS) is 16.4. The molecule has 1 aliphatic carbocycles. The molecule has 2 nitrogen and oxygen atoms in total. The Morgan fingerprint density at radius 3 is 2.75 bits per heavy atom. The standard InChI is InChI=1S/C13H19FN2/c14-12-4-1-3-11(9-12)10-16(8-7-15)13-5-2-6-13/h1,3-4,9,13H,2,5-8,10,15H2. The number of nitrogens with zero attached hydrogens (tertiary/aromatic N) is 1. The van der Waals surface area contributed by atoms with Crippen LogP contribution in [0.25, 0.3) is 0 Å². The molecule has 0 saturated heterocycles. The van der Waals surface area contributed by atoms with Crippen LogP contribution in [0.5, 0.6) is 0 Å². The van der Waals surface area contributed by atoms with Gasteiger partial charge in [0, 0.05) is 25.7 Å². The van der Waals surface area contributed by atoms with E-state index in [1.807, 2.05) is 6.07 Å². The van der Waals surface area contributed by atoms with Gasteiger partial charge in [0.2, 0.25) is 0 Å². The maximum absolute atomic E-state index is 13.1. The number of hydrogen-bond acceptors (Lipinski definition) is 2. The highest BCUT2D eigenvalue weighted by molar-refractivity contribution is 5.16. The average Bonchev–Trinajstić information content (AvgIpc) is 2.15. The van der Waals surface area contributed by atoms with Crippen molar-refractivity contribution in [2.24, 2.45) is 5.73 Å². The van der Waals surface area contributed by atoms with Crippen LogP contribution in [0.15, 0.2) is 24.3 Å². The van der Waals surface area contributed by atoms with Crippen molar-refractivity contribution >= 4 is 0 Å². The Kier molecular flexibility index (Phi) is 3.91. The van der Waals surface area contributed by atoms with Crippen LogP contribution >= 0.6 is 0 Å². The molecular weight excluding hydrogens is 203 g/mol. The molecule has 1 saturated carbocycles. The summed E-state index contributed by atoms with van der Waals surface area (Å²) in [7, 11) is 0. The predicted molar refractivity (Wildman–Crippen MR) is 63.5 cm³/mol. The molecule has 3 heteroatoms. The Balaban J connectivity index is 1.98.